The summed E-state index contributed by atoms with van der Waals surface area (Å²) in [6.45, 7) is 11.0. The van der Waals surface area contributed by atoms with Crippen molar-refractivity contribution in [1.82, 2.24) is 25.4 Å². The van der Waals surface area contributed by atoms with Crippen LogP contribution in [-0.4, -0.2) is 107 Å². The van der Waals surface area contributed by atoms with Gasteiger partial charge in [0, 0.05) is 37.5 Å². The monoisotopic (exact) mass is 729 g/mol. The van der Waals surface area contributed by atoms with E-state index in [2.05, 4.69) is 20.5 Å². The summed E-state index contributed by atoms with van der Waals surface area (Å²) >= 11 is 1.16. The SMILES string of the molecule is CCC(C)C(NC(=O)C1CCCCN1C)C(=O)N(CCOC)[C@H](C[C@@H](O)c1nc(C(=O)N[C@@H](Cc2ccccc2)C[C@H](C)C(=O)O)cs1)C(C)C. The molecule has 0 aliphatic carbocycles. The van der Waals surface area contributed by atoms with E-state index >= 15 is 0 Å². The highest BCUT2D eigenvalue weighted by Gasteiger charge is 2.38. The number of rotatable bonds is 20. The number of aliphatic hydroxyl groups is 1. The highest BCUT2D eigenvalue weighted by atomic mass is 32.1. The molecule has 1 aromatic heterocycles. The van der Waals surface area contributed by atoms with Crippen LogP contribution in [0.3, 0.4) is 0 Å². The molecule has 7 atom stereocenters. The molecule has 0 saturated carbocycles. The molecule has 2 aromatic rings. The van der Waals surface area contributed by atoms with E-state index in [0.29, 0.717) is 17.8 Å². The van der Waals surface area contributed by atoms with Gasteiger partial charge in [0.05, 0.1) is 18.6 Å². The molecule has 1 fully saturated rings. The number of likely N-dealkylation sites (N-methyl/N-ethyl adjacent to an activating group) is 1. The number of carbonyl (C=O) groups is 4. The van der Waals surface area contributed by atoms with Crippen LogP contribution in [0.25, 0.3) is 0 Å². The number of ether oxygens (including phenoxy) is 1. The average Bonchev–Trinajstić information content (AvgIpc) is 3.61. The summed E-state index contributed by atoms with van der Waals surface area (Å²) in [5.41, 5.74) is 1.11. The molecule has 0 bridgehead atoms. The first kappa shape index (κ1) is 42.0. The molecule has 12 nitrogen and oxygen atoms in total. The number of piperidine rings is 1. The predicted octanol–water partition coefficient (Wildman–Crippen LogP) is 4.53. The van der Waals surface area contributed by atoms with Crippen molar-refractivity contribution in [3.05, 3.63) is 52.0 Å². The molecule has 4 N–H and O–H groups in total. The van der Waals surface area contributed by atoms with Gasteiger partial charge in [0.2, 0.25) is 11.8 Å². The molecule has 1 aliphatic rings. The number of hydrogen-bond acceptors (Lipinski definition) is 9. The summed E-state index contributed by atoms with van der Waals surface area (Å²) in [5, 5.41) is 29.0. The van der Waals surface area contributed by atoms with Crippen molar-refractivity contribution < 1.29 is 34.1 Å². The maximum Gasteiger partial charge on any atom is 0.306 e. The van der Waals surface area contributed by atoms with Gasteiger partial charge in [0.15, 0.2) is 0 Å². The van der Waals surface area contributed by atoms with E-state index in [1.807, 2.05) is 65.1 Å². The van der Waals surface area contributed by atoms with Crippen molar-refractivity contribution in [1.29, 1.82) is 0 Å². The third kappa shape index (κ3) is 12.4. The molecule has 51 heavy (non-hydrogen) atoms. The normalized spacial score (nSPS) is 18.6. The van der Waals surface area contributed by atoms with Gasteiger partial charge in [-0.25, -0.2) is 4.98 Å². The van der Waals surface area contributed by atoms with Crippen LogP contribution in [0.15, 0.2) is 35.7 Å². The van der Waals surface area contributed by atoms with Crippen LogP contribution < -0.4 is 10.6 Å². The summed E-state index contributed by atoms with van der Waals surface area (Å²) in [6.07, 6.45) is 3.26. The molecule has 1 aliphatic heterocycles. The van der Waals surface area contributed by atoms with Crippen LogP contribution in [-0.2, 0) is 25.5 Å². The fourth-order valence-electron chi connectivity index (χ4n) is 6.66. The van der Waals surface area contributed by atoms with E-state index in [9.17, 15) is 29.4 Å². The van der Waals surface area contributed by atoms with Gasteiger partial charge in [-0.1, -0.05) is 77.8 Å². The van der Waals surface area contributed by atoms with E-state index in [-0.39, 0.29) is 61.4 Å². The second-order valence-corrected chi connectivity index (χ2v) is 15.2. The summed E-state index contributed by atoms with van der Waals surface area (Å²) in [4.78, 5) is 61.2. The van der Waals surface area contributed by atoms with Crippen molar-refractivity contribution in [3.8, 4) is 0 Å². The number of aliphatic carboxylic acids is 1. The Labute approximate surface area is 307 Å². The fraction of sp³-hybridized carbons (Fsp3) is 0.658. The number of aliphatic hydroxyl groups excluding tert-OH is 1. The number of benzene rings is 1. The Morgan fingerprint density at radius 2 is 1.78 bits per heavy atom. The lowest BCUT2D eigenvalue weighted by atomic mass is 9.92. The molecule has 2 heterocycles. The number of aromatic nitrogens is 1. The number of methoxy groups -OCH3 is 1. The Kier molecular flexibility index (Phi) is 17.0. The molecule has 3 amide bonds. The minimum absolute atomic E-state index is 0.0593. The summed E-state index contributed by atoms with van der Waals surface area (Å²) in [5.74, 6) is -2.58. The number of amides is 3. The van der Waals surface area contributed by atoms with Crippen molar-refractivity contribution in [2.75, 3.05) is 33.9 Å². The lowest BCUT2D eigenvalue weighted by molar-refractivity contribution is -0.143. The number of hydrogen-bond donors (Lipinski definition) is 4. The topological polar surface area (TPSA) is 161 Å². The zero-order valence-corrected chi connectivity index (χ0v) is 32.2. The Balaban J connectivity index is 1.79. The van der Waals surface area contributed by atoms with Crippen LogP contribution in [0.4, 0.5) is 0 Å². The standard InChI is InChI=1S/C38H59N5O7S/c1-8-25(4)33(41-35(46)30-16-12-13-17-42(30)6)37(47)43(18-19-50-7)31(24(2)3)22-32(44)36-40-29(23-51-36)34(45)39-28(20-26(5)38(48)49)21-27-14-10-9-11-15-27/h9-11,14-15,23-26,28,30-33,44H,8,12-13,16-22H2,1-7H3,(H,39,45)(H,41,46)(H,48,49)/t25?,26-,28+,30?,31+,32+,33?/m0/s1. The second-order valence-electron chi connectivity index (χ2n) is 14.4. The lowest BCUT2D eigenvalue weighted by Crippen LogP contribution is -2.59. The first-order valence-corrected chi connectivity index (χ1v) is 19.2. The van der Waals surface area contributed by atoms with Gasteiger partial charge >= 0.3 is 5.97 Å². The van der Waals surface area contributed by atoms with Gasteiger partial charge in [-0.05, 0) is 56.7 Å². The number of carboxylic acids is 1. The van der Waals surface area contributed by atoms with E-state index in [1.54, 1.807) is 24.3 Å². The number of likely N-dealkylation sites (tertiary alicyclic amines) is 1. The maximum absolute atomic E-state index is 14.4. The minimum Gasteiger partial charge on any atom is -0.481 e. The number of carbonyl (C=O) groups excluding carboxylic acids is 3. The number of thiazole rings is 1. The van der Waals surface area contributed by atoms with Gasteiger partial charge in [0.25, 0.3) is 5.91 Å². The maximum atomic E-state index is 14.4. The van der Waals surface area contributed by atoms with E-state index < -0.39 is 42.0 Å². The van der Waals surface area contributed by atoms with E-state index in [0.717, 1.165) is 42.7 Å². The zero-order chi connectivity index (χ0) is 37.7. The van der Waals surface area contributed by atoms with Crippen molar-refractivity contribution in [3.63, 3.8) is 0 Å². The van der Waals surface area contributed by atoms with E-state index in [4.69, 9.17) is 4.74 Å². The smallest absolute Gasteiger partial charge is 0.306 e. The average molecular weight is 730 g/mol. The molecule has 0 spiro atoms. The number of nitrogens with one attached hydrogen (secondary N) is 2. The summed E-state index contributed by atoms with van der Waals surface area (Å²) < 4.78 is 5.40. The second kappa shape index (κ2) is 20.6. The Bertz CT molecular complexity index is 1410. The van der Waals surface area contributed by atoms with Crippen molar-refractivity contribution in [2.24, 2.45) is 17.8 Å². The van der Waals surface area contributed by atoms with Gasteiger partial charge in [-0.3, -0.25) is 24.1 Å². The molecule has 13 heteroatoms. The molecule has 284 valence electrons. The first-order valence-electron chi connectivity index (χ1n) is 18.3. The molecule has 3 rings (SSSR count). The Morgan fingerprint density at radius 3 is 2.39 bits per heavy atom. The van der Waals surface area contributed by atoms with E-state index in [1.165, 1.54) is 0 Å². The van der Waals surface area contributed by atoms with Crippen LogP contribution in [0, 0.1) is 17.8 Å². The summed E-state index contributed by atoms with van der Waals surface area (Å²) in [6, 6.07) is 7.68. The Hall–Kier alpha value is -3.39. The van der Waals surface area contributed by atoms with Crippen LogP contribution in [0.1, 0.15) is 100 Å². The highest BCUT2D eigenvalue weighted by molar-refractivity contribution is 7.09. The third-order valence-electron chi connectivity index (χ3n) is 10.1. The molecule has 1 aromatic carbocycles. The zero-order valence-electron chi connectivity index (χ0n) is 31.3. The number of carboxylic acid groups (broad SMARTS) is 1. The Morgan fingerprint density at radius 1 is 1.08 bits per heavy atom. The van der Waals surface area contributed by atoms with Crippen LogP contribution in [0.5, 0.6) is 0 Å². The van der Waals surface area contributed by atoms with Gasteiger partial charge in [0.1, 0.15) is 22.8 Å². The molecular formula is C38H59N5O7S. The largest absolute Gasteiger partial charge is 0.481 e. The first-order chi connectivity index (χ1) is 24.3. The molecule has 0 radical (unpaired) electrons. The fourth-order valence-corrected chi connectivity index (χ4v) is 7.46. The highest BCUT2D eigenvalue weighted by Crippen LogP contribution is 2.29. The van der Waals surface area contributed by atoms with Crippen LogP contribution >= 0.6 is 11.3 Å². The summed E-state index contributed by atoms with van der Waals surface area (Å²) in [7, 11) is 3.52. The van der Waals surface area contributed by atoms with Gasteiger partial charge < -0.3 is 30.5 Å². The molecule has 1 saturated heterocycles. The van der Waals surface area contributed by atoms with Crippen LogP contribution in [0.2, 0.25) is 0 Å². The van der Waals surface area contributed by atoms with Crippen molar-refractivity contribution >= 4 is 35.0 Å². The third-order valence-corrected chi connectivity index (χ3v) is 11.0. The number of nitrogens with zero attached hydrogens (tertiary/aromatic N) is 3. The molecular weight excluding hydrogens is 671 g/mol. The lowest BCUT2D eigenvalue weighted by Gasteiger charge is -2.39. The van der Waals surface area contributed by atoms with Gasteiger partial charge in [-0.2, -0.15) is 0 Å². The predicted molar refractivity (Wildman–Crippen MR) is 198 cm³/mol. The van der Waals surface area contributed by atoms with Gasteiger partial charge in [-0.15, -0.1) is 11.3 Å². The minimum atomic E-state index is -1.07. The van der Waals surface area contributed by atoms with Crippen molar-refractivity contribution in [2.45, 2.75) is 110 Å². The molecule has 3 unspecified atom stereocenters. The quantitative estimate of drug-likeness (QED) is 0.154.